The summed E-state index contributed by atoms with van der Waals surface area (Å²) in [5.74, 6) is -4.88. The van der Waals surface area contributed by atoms with Gasteiger partial charge in [-0.05, 0) is 94.2 Å². The number of aliphatic hydroxyl groups is 1. The minimum absolute atomic E-state index is 0.00629. The van der Waals surface area contributed by atoms with Gasteiger partial charge in [0.1, 0.15) is 59.4 Å². The molecule has 2 fully saturated rings. The molecule has 494 valence electrons. The molecule has 2 aromatic carbocycles. The first kappa shape index (κ1) is 71.4. The summed E-state index contributed by atoms with van der Waals surface area (Å²) >= 11 is 6.83. The van der Waals surface area contributed by atoms with Gasteiger partial charge in [0.2, 0.25) is 27.7 Å². The maximum absolute atomic E-state index is 14.4. The van der Waals surface area contributed by atoms with E-state index in [0.717, 1.165) is 20.9 Å². The lowest BCUT2D eigenvalue weighted by Gasteiger charge is -2.42. The summed E-state index contributed by atoms with van der Waals surface area (Å²) in [6, 6.07) is 5.05. The number of amides is 9. The van der Waals surface area contributed by atoms with Gasteiger partial charge in [0.25, 0.3) is 11.8 Å². The molecule has 29 heteroatoms. The number of methoxy groups -OCH3 is 2. The van der Waals surface area contributed by atoms with Gasteiger partial charge in [0.05, 0.1) is 31.1 Å². The largest absolute Gasteiger partial charge is 0.495 e. The molecule has 0 spiro atoms. The van der Waals surface area contributed by atoms with Crippen molar-refractivity contribution in [1.82, 2.24) is 30.5 Å². The van der Waals surface area contributed by atoms with Crippen LogP contribution in [0.25, 0.3) is 0 Å². The van der Waals surface area contributed by atoms with Gasteiger partial charge < -0.3 is 60.1 Å². The lowest BCUT2D eigenvalue weighted by molar-refractivity contribution is -0.158. The summed E-state index contributed by atoms with van der Waals surface area (Å²) in [4.78, 5) is 121. The Morgan fingerprint density at radius 1 is 0.978 bits per heavy atom. The normalized spacial score (nSPS) is 24.7. The molecule has 2 saturated heterocycles. The number of carbonyl (C=O) groups excluding carboxylic acids is 9. The van der Waals surface area contributed by atoms with Gasteiger partial charge in [0.15, 0.2) is 5.72 Å². The molecule has 90 heavy (non-hydrogen) atoms. The fraction of sp³-hybridized carbons (Fsp3) is 0.557. The number of nitrogens with two attached hydrogens (primary N) is 1. The van der Waals surface area contributed by atoms with Gasteiger partial charge in [-0.25, -0.2) is 32.3 Å². The minimum Gasteiger partial charge on any atom is -0.495 e. The molecule has 6 rings (SSSR count). The number of halogens is 1. The Kier molecular flexibility index (Phi) is 24.9. The third-order valence-electron chi connectivity index (χ3n) is 16.3. The highest BCUT2D eigenvalue weighted by Gasteiger charge is 2.64. The molecule has 4 heterocycles. The average molecular weight is 1300 g/mol. The topological polar surface area (TPSA) is 363 Å². The van der Waals surface area contributed by atoms with E-state index < -0.39 is 136 Å². The second-order valence-electron chi connectivity index (χ2n) is 23.5. The molecule has 0 aliphatic carbocycles. The summed E-state index contributed by atoms with van der Waals surface area (Å²) in [7, 11) is 1.68. The van der Waals surface area contributed by atoms with Crippen molar-refractivity contribution >= 4 is 86.7 Å². The number of sulfonamides is 1. The average Bonchev–Trinajstić information content (AvgIpc) is 1.57. The van der Waals surface area contributed by atoms with Gasteiger partial charge in [0, 0.05) is 64.5 Å². The number of urea groups is 1. The first-order valence-corrected chi connectivity index (χ1v) is 31.7. The Balaban J connectivity index is 1.09. The van der Waals surface area contributed by atoms with Crippen LogP contribution >= 0.6 is 11.6 Å². The van der Waals surface area contributed by atoms with Crippen LogP contribution in [0.4, 0.5) is 25.8 Å². The Morgan fingerprint density at radius 2 is 1.66 bits per heavy atom. The number of fused-ring (bicyclic) bond motifs is 5. The second kappa shape index (κ2) is 31.4. The summed E-state index contributed by atoms with van der Waals surface area (Å²) in [6.07, 6.45) is 3.39. The molecule has 27 nitrogen and oxygen atoms in total. The van der Waals surface area contributed by atoms with E-state index in [2.05, 4.69) is 26.0 Å². The predicted octanol–water partition coefficient (Wildman–Crippen LogP) is 4.63. The zero-order chi connectivity index (χ0) is 66.4. The smallest absolute Gasteiger partial charge is 0.410 e. The van der Waals surface area contributed by atoms with Crippen LogP contribution in [0.15, 0.2) is 72.4 Å². The Labute approximate surface area is 529 Å². The molecular formula is C61H84ClN9O18S. The van der Waals surface area contributed by atoms with E-state index in [1.54, 1.807) is 64.1 Å². The first-order chi connectivity index (χ1) is 42.4. The molecule has 4 aliphatic heterocycles. The van der Waals surface area contributed by atoms with Crippen LogP contribution in [-0.4, -0.2) is 178 Å². The van der Waals surface area contributed by atoms with Gasteiger partial charge in [-0.2, -0.15) is 0 Å². The third kappa shape index (κ3) is 19.0. The van der Waals surface area contributed by atoms with E-state index in [1.807, 2.05) is 13.0 Å². The lowest BCUT2D eigenvalue weighted by Crippen LogP contribution is -2.63. The number of unbranched alkanes of at least 4 members (excludes halogenated alkanes) is 3. The van der Waals surface area contributed by atoms with Crippen molar-refractivity contribution in [3.63, 3.8) is 0 Å². The van der Waals surface area contributed by atoms with Crippen molar-refractivity contribution in [2.75, 3.05) is 57.4 Å². The van der Waals surface area contributed by atoms with E-state index in [4.69, 9.17) is 45.8 Å². The van der Waals surface area contributed by atoms with Crippen molar-refractivity contribution < 1.29 is 85.1 Å². The zero-order valence-electron chi connectivity index (χ0n) is 52.3. The van der Waals surface area contributed by atoms with Crippen LogP contribution in [0.3, 0.4) is 0 Å². The molecule has 0 saturated carbocycles. The fourth-order valence-electron chi connectivity index (χ4n) is 10.7. The maximum atomic E-state index is 14.4. The Morgan fingerprint density at radius 3 is 2.30 bits per heavy atom. The van der Waals surface area contributed by atoms with Crippen LogP contribution in [0.2, 0.25) is 5.02 Å². The quantitative estimate of drug-likeness (QED) is 0.0234. The second-order valence-corrected chi connectivity index (χ2v) is 25.7. The number of epoxide rings is 1. The van der Waals surface area contributed by atoms with E-state index in [1.165, 1.54) is 64.4 Å². The number of nitrogens with zero attached hydrogens (tertiary/aromatic N) is 3. The van der Waals surface area contributed by atoms with Crippen molar-refractivity contribution in [3.05, 3.63) is 88.5 Å². The first-order valence-electron chi connectivity index (χ1n) is 29.7. The van der Waals surface area contributed by atoms with Crippen LogP contribution in [-0.2, 0) is 75.5 Å². The number of ether oxygens (including phenoxy) is 6. The Bertz CT molecular complexity index is 3180. The zero-order valence-corrected chi connectivity index (χ0v) is 53.9. The summed E-state index contributed by atoms with van der Waals surface area (Å²) in [5.41, 5.74) is 4.58. The standard InChI is InChI=1S/C61H84ClN9O18S/c1-35(2)52(68-90(82,83)28-14-12-11-13-27-71-48(72)24-25-49(71)73)55(76)66-42(18-16-26-64-57(63)78)54(75)65-41-22-20-39(21-23-41)34-86-59(80)69(7)38(5)56(77)88-47-32-50(74)70(8)43-30-40(31-44(84-9)51(43)62)29-36(3)17-15-19-46(85-10)61(81)33-45(87-58(79)67-61)37(4)53-60(47,6)89-53/h15,17,19-25,30-31,35,37-38,42,45-47,52-53,68,81H,11-14,16,18,26-29,32-34H2,1-10H3,(H,65,75)(H,66,76)(H,67,79)(H3,63,64,78)/b19-15+,36-17+/t37?,38-,42-,45?,46?,47?,52-,53?,60?,61?/m0/s1. The summed E-state index contributed by atoms with van der Waals surface area (Å²) < 4.78 is 63.9. The number of esters is 1. The van der Waals surface area contributed by atoms with Gasteiger partial charge >= 0.3 is 24.2 Å². The number of hydrogen-bond acceptors (Lipinski definition) is 18. The highest BCUT2D eigenvalue weighted by atomic mass is 35.5. The number of imide groups is 1. The Hall–Kier alpha value is -7.63. The maximum Gasteiger partial charge on any atom is 0.410 e. The van der Waals surface area contributed by atoms with E-state index >= 15 is 0 Å². The highest BCUT2D eigenvalue weighted by Crippen LogP contribution is 2.49. The number of allylic oxidation sites excluding steroid dienone is 3. The monoisotopic (exact) mass is 1300 g/mol. The highest BCUT2D eigenvalue weighted by molar-refractivity contribution is 7.89. The molecule has 8 N–H and O–H groups in total. The van der Waals surface area contributed by atoms with Crippen molar-refractivity contribution in [3.8, 4) is 5.75 Å². The number of likely N-dealkylation sites (N-methyl/N-ethyl adjacent to an activating group) is 1. The molecule has 0 aromatic heterocycles. The number of anilines is 2. The molecule has 4 aliphatic rings. The lowest BCUT2D eigenvalue weighted by atomic mass is 9.83. The van der Waals surface area contributed by atoms with E-state index in [9.17, 15) is 56.7 Å². The van der Waals surface area contributed by atoms with Gasteiger partial charge in [-0.15, -0.1) is 0 Å². The summed E-state index contributed by atoms with van der Waals surface area (Å²) in [6.45, 7) is 9.93. The minimum atomic E-state index is -3.99. The summed E-state index contributed by atoms with van der Waals surface area (Å²) in [5, 5.41) is 22.4. The van der Waals surface area contributed by atoms with Gasteiger partial charge in [-0.1, -0.05) is 81.1 Å². The molecule has 0 radical (unpaired) electrons. The number of rotatable bonds is 25. The molecule has 4 bridgehead atoms. The van der Waals surface area contributed by atoms with Crippen LogP contribution in [0, 0.1) is 11.8 Å². The predicted molar refractivity (Wildman–Crippen MR) is 330 cm³/mol. The molecule has 10 atom stereocenters. The van der Waals surface area contributed by atoms with E-state index in [-0.39, 0.29) is 61.8 Å². The van der Waals surface area contributed by atoms with Crippen molar-refractivity contribution in [2.45, 2.75) is 160 Å². The number of hydrogen-bond donors (Lipinski definition) is 7. The number of benzene rings is 2. The van der Waals surface area contributed by atoms with Crippen LogP contribution < -0.4 is 41.4 Å². The molecule has 2 aromatic rings. The SMILES string of the molecule is COc1cc2cc(c1Cl)N(C)C(=O)CC(OC(=O)[C@H](C)N(C)C(=O)OCc1ccc(NC(=O)[C@H](CCCNC(N)=O)NC(=O)[C@@H](NS(=O)(=O)CCCCCCN3C(=O)C=CC3=O)C(C)C)cc1)C1(C)OC1C(C)C1CC(O)(NC(=O)O1)C(OC)/C=C/C=C(\C)C2. The van der Waals surface area contributed by atoms with Crippen LogP contribution in [0.5, 0.6) is 5.75 Å². The third-order valence-corrected chi connectivity index (χ3v) is 18.1. The molecule has 7 unspecified atom stereocenters. The number of nitrogens with one attached hydrogen (secondary N) is 5. The number of primary amides is 1. The van der Waals surface area contributed by atoms with Crippen molar-refractivity contribution in [1.29, 1.82) is 0 Å². The fourth-order valence-corrected chi connectivity index (χ4v) is 12.5. The number of alkyl carbamates (subject to hydrolysis) is 1. The van der Waals surface area contributed by atoms with Crippen molar-refractivity contribution in [2.24, 2.45) is 17.6 Å². The molecular weight excluding hydrogens is 1210 g/mol. The van der Waals surface area contributed by atoms with Gasteiger partial charge in [-0.3, -0.25) is 39.1 Å². The van der Waals surface area contributed by atoms with E-state index in [0.29, 0.717) is 42.7 Å². The number of carbonyl (C=O) groups is 9. The molecule has 9 amide bonds. The van der Waals surface area contributed by atoms with Crippen LogP contribution in [0.1, 0.15) is 104 Å².